The lowest BCUT2D eigenvalue weighted by molar-refractivity contribution is 1.68. The van der Waals surface area contributed by atoms with E-state index in [1.165, 1.54) is 16.0 Å². The fourth-order valence-corrected chi connectivity index (χ4v) is 3.74. The van der Waals surface area contributed by atoms with Gasteiger partial charge in [0.2, 0.25) is 0 Å². The lowest BCUT2D eigenvalue weighted by Crippen LogP contribution is -2.37. The Hall–Kier alpha value is -1.31. The van der Waals surface area contributed by atoms with Gasteiger partial charge < -0.3 is 0 Å². The molecule has 0 heterocycles. The van der Waals surface area contributed by atoms with Crippen LogP contribution in [0.1, 0.15) is 5.56 Å². The van der Waals surface area contributed by atoms with Gasteiger partial charge in [0.1, 0.15) is 8.07 Å². The number of hydrogen-bond acceptors (Lipinski definition) is 0. The molecule has 0 aliphatic heterocycles. The van der Waals surface area contributed by atoms with Crippen LogP contribution in [0.3, 0.4) is 0 Å². The SMILES string of the molecule is C[Si](C)(C)C#Cc1ccc2cc([Si](C)(C)C)ccc2c1. The predicted octanol–water partition coefficient (Wildman–Crippen LogP) is 4.61. The predicted molar refractivity (Wildman–Crippen MR) is 97.2 cm³/mol. The smallest absolute Gasteiger partial charge is 0.127 e. The third kappa shape index (κ3) is 3.85. The highest BCUT2D eigenvalue weighted by molar-refractivity contribution is 6.88. The van der Waals surface area contributed by atoms with Gasteiger partial charge in [-0.15, -0.1) is 5.54 Å². The Bertz CT molecular complexity index is 689. The number of fused-ring (bicyclic) bond motifs is 1. The van der Waals surface area contributed by atoms with Crippen LogP contribution in [0.4, 0.5) is 0 Å². The van der Waals surface area contributed by atoms with E-state index < -0.39 is 16.1 Å². The highest BCUT2D eigenvalue weighted by Gasteiger charge is 2.16. The van der Waals surface area contributed by atoms with Gasteiger partial charge in [0.15, 0.2) is 0 Å². The van der Waals surface area contributed by atoms with E-state index in [-0.39, 0.29) is 0 Å². The Balaban J connectivity index is 2.44. The van der Waals surface area contributed by atoms with Crippen LogP contribution < -0.4 is 5.19 Å². The van der Waals surface area contributed by atoms with Crippen LogP contribution in [0.2, 0.25) is 39.3 Å². The van der Waals surface area contributed by atoms with E-state index in [1.807, 2.05) is 0 Å². The van der Waals surface area contributed by atoms with E-state index in [1.54, 1.807) is 0 Å². The van der Waals surface area contributed by atoms with Gasteiger partial charge >= 0.3 is 0 Å². The highest BCUT2D eigenvalue weighted by atomic mass is 28.3. The normalized spacial score (nSPS) is 12.1. The van der Waals surface area contributed by atoms with Crippen molar-refractivity contribution in [2.75, 3.05) is 0 Å². The van der Waals surface area contributed by atoms with Crippen LogP contribution in [0, 0.1) is 11.5 Å². The highest BCUT2D eigenvalue weighted by Crippen LogP contribution is 2.16. The molecule has 2 aromatic rings. The summed E-state index contributed by atoms with van der Waals surface area (Å²) in [6.45, 7) is 14.0. The average Bonchev–Trinajstić information content (AvgIpc) is 2.33. The van der Waals surface area contributed by atoms with Crippen molar-refractivity contribution in [2.24, 2.45) is 0 Å². The molecule has 0 unspecified atom stereocenters. The lowest BCUT2D eigenvalue weighted by atomic mass is 10.1. The molecule has 0 aliphatic rings. The zero-order valence-corrected chi connectivity index (χ0v) is 15.5. The summed E-state index contributed by atoms with van der Waals surface area (Å²) >= 11 is 0. The Morgan fingerprint density at radius 1 is 0.750 bits per heavy atom. The first kappa shape index (κ1) is 15.1. The van der Waals surface area contributed by atoms with Crippen LogP contribution >= 0.6 is 0 Å². The molecular formula is C18H24Si2. The van der Waals surface area contributed by atoms with Crippen molar-refractivity contribution >= 4 is 32.1 Å². The molecule has 0 bridgehead atoms. The molecule has 2 rings (SSSR count). The molecular weight excluding hydrogens is 272 g/mol. The molecule has 0 atom stereocenters. The van der Waals surface area contributed by atoms with E-state index in [4.69, 9.17) is 0 Å². The van der Waals surface area contributed by atoms with Gasteiger partial charge in [-0.25, -0.2) is 0 Å². The van der Waals surface area contributed by atoms with E-state index >= 15 is 0 Å². The molecule has 0 fully saturated rings. The molecule has 0 N–H and O–H groups in total. The van der Waals surface area contributed by atoms with Crippen LogP contribution in [0.5, 0.6) is 0 Å². The van der Waals surface area contributed by atoms with E-state index in [0.29, 0.717) is 0 Å². The van der Waals surface area contributed by atoms with Crippen molar-refractivity contribution in [3.05, 3.63) is 42.0 Å². The quantitative estimate of drug-likeness (QED) is 0.532. The zero-order valence-electron chi connectivity index (χ0n) is 13.5. The summed E-state index contributed by atoms with van der Waals surface area (Å²) in [5, 5.41) is 4.16. The monoisotopic (exact) mass is 296 g/mol. The van der Waals surface area contributed by atoms with Gasteiger partial charge in [-0.05, 0) is 22.9 Å². The van der Waals surface area contributed by atoms with Crippen molar-refractivity contribution in [2.45, 2.75) is 39.3 Å². The summed E-state index contributed by atoms with van der Waals surface area (Å²) in [6.07, 6.45) is 0. The van der Waals surface area contributed by atoms with Crippen molar-refractivity contribution in [1.29, 1.82) is 0 Å². The number of benzene rings is 2. The minimum Gasteiger partial charge on any atom is -0.127 e. The second-order valence-corrected chi connectivity index (χ2v) is 17.4. The fourth-order valence-electron chi connectivity index (χ4n) is 2.05. The van der Waals surface area contributed by atoms with Gasteiger partial charge in [0.05, 0.1) is 8.07 Å². The maximum absolute atomic E-state index is 3.43. The summed E-state index contributed by atoms with van der Waals surface area (Å²) in [5.41, 5.74) is 4.57. The van der Waals surface area contributed by atoms with Crippen molar-refractivity contribution in [3.63, 3.8) is 0 Å². The first-order valence-electron chi connectivity index (χ1n) is 7.23. The second kappa shape index (κ2) is 5.23. The molecule has 0 radical (unpaired) electrons. The third-order valence-corrected chi connectivity index (χ3v) is 6.21. The molecule has 20 heavy (non-hydrogen) atoms. The summed E-state index contributed by atoms with van der Waals surface area (Å²) in [7, 11) is -2.52. The first-order chi connectivity index (χ1) is 9.15. The first-order valence-corrected chi connectivity index (χ1v) is 14.2. The Morgan fingerprint density at radius 3 is 1.95 bits per heavy atom. The van der Waals surface area contributed by atoms with E-state index in [9.17, 15) is 0 Å². The van der Waals surface area contributed by atoms with Crippen LogP contribution in [-0.2, 0) is 0 Å². The standard InChI is InChI=1S/C18H24Si2/c1-19(2,3)12-11-15-7-8-17-14-18(20(4,5)6)10-9-16(17)13-15/h7-10,13-14H,1-6H3. The fraction of sp³-hybridized carbons (Fsp3) is 0.333. The molecule has 0 aliphatic carbocycles. The molecule has 0 nitrogen and oxygen atoms in total. The lowest BCUT2D eigenvalue weighted by Gasteiger charge is -2.17. The van der Waals surface area contributed by atoms with Gasteiger partial charge in [-0.2, -0.15) is 0 Å². The van der Waals surface area contributed by atoms with Gasteiger partial charge in [-0.3, -0.25) is 0 Å². The Kier molecular flexibility index (Phi) is 3.95. The minimum atomic E-state index is -1.30. The Morgan fingerprint density at radius 2 is 1.35 bits per heavy atom. The summed E-state index contributed by atoms with van der Waals surface area (Å²) in [5.74, 6) is 3.34. The largest absolute Gasteiger partial charge is 0.129 e. The zero-order chi connectivity index (χ0) is 15.0. The molecule has 2 heteroatoms. The maximum Gasteiger partial charge on any atom is 0.129 e. The topological polar surface area (TPSA) is 0 Å². The molecule has 0 amide bonds. The van der Waals surface area contributed by atoms with Crippen LogP contribution in [-0.4, -0.2) is 16.1 Å². The summed E-state index contributed by atoms with van der Waals surface area (Å²) in [4.78, 5) is 0. The van der Waals surface area contributed by atoms with Gasteiger partial charge in [0.25, 0.3) is 0 Å². The summed E-state index contributed by atoms with van der Waals surface area (Å²) < 4.78 is 0. The summed E-state index contributed by atoms with van der Waals surface area (Å²) in [6, 6.07) is 13.5. The second-order valence-electron chi connectivity index (χ2n) is 7.53. The van der Waals surface area contributed by atoms with Gasteiger partial charge in [-0.1, -0.05) is 74.7 Å². The average molecular weight is 297 g/mol. The molecule has 0 saturated heterocycles. The third-order valence-electron chi connectivity index (χ3n) is 3.29. The van der Waals surface area contributed by atoms with Crippen molar-refractivity contribution in [3.8, 4) is 11.5 Å². The number of rotatable bonds is 1. The minimum absolute atomic E-state index is 1.14. The van der Waals surface area contributed by atoms with Crippen LogP contribution in [0.25, 0.3) is 10.8 Å². The number of hydrogen-bond donors (Lipinski definition) is 0. The maximum atomic E-state index is 3.43. The Labute approximate surface area is 125 Å². The van der Waals surface area contributed by atoms with Crippen LogP contribution in [0.15, 0.2) is 36.4 Å². The van der Waals surface area contributed by atoms with Crippen molar-refractivity contribution < 1.29 is 0 Å². The van der Waals surface area contributed by atoms with Gasteiger partial charge in [0, 0.05) is 5.56 Å². The van der Waals surface area contributed by atoms with Crippen molar-refractivity contribution in [1.82, 2.24) is 0 Å². The molecule has 0 spiro atoms. The molecule has 0 saturated carbocycles. The van der Waals surface area contributed by atoms with E-state index in [0.717, 1.165) is 5.56 Å². The molecule has 104 valence electrons. The molecule has 0 aromatic heterocycles. The molecule has 2 aromatic carbocycles. The van der Waals surface area contributed by atoms with E-state index in [2.05, 4.69) is 87.1 Å².